The van der Waals surface area contributed by atoms with Crippen LogP contribution in [0.15, 0.2) is 62.8 Å². The van der Waals surface area contributed by atoms with E-state index in [9.17, 15) is 0 Å². The molecule has 0 radical (unpaired) electrons. The minimum atomic E-state index is 0.497. The average molecular weight is 411 g/mol. The lowest BCUT2D eigenvalue weighted by atomic mass is 10.1. The van der Waals surface area contributed by atoms with E-state index in [4.69, 9.17) is 13.6 Å². The lowest BCUT2D eigenvalue weighted by Crippen LogP contribution is -2.38. The second kappa shape index (κ2) is 11.8. The highest BCUT2D eigenvalue weighted by Gasteiger charge is 2.07. The van der Waals surface area contributed by atoms with Crippen molar-refractivity contribution in [2.75, 3.05) is 26.2 Å². The van der Waals surface area contributed by atoms with Crippen LogP contribution < -0.4 is 10.6 Å². The third-order valence-electron chi connectivity index (χ3n) is 4.41. The smallest absolute Gasteiger partial charge is 0.226 e. The van der Waals surface area contributed by atoms with E-state index in [1.807, 2.05) is 24.3 Å². The molecule has 0 unspecified atom stereocenters. The van der Waals surface area contributed by atoms with Crippen LogP contribution in [-0.4, -0.2) is 37.2 Å². The number of furan rings is 1. The van der Waals surface area contributed by atoms with Crippen LogP contribution in [0.25, 0.3) is 11.5 Å². The van der Waals surface area contributed by atoms with Gasteiger partial charge in [-0.1, -0.05) is 17.7 Å². The molecule has 2 heterocycles. The highest BCUT2D eigenvalue weighted by Crippen LogP contribution is 2.19. The monoisotopic (exact) mass is 410 g/mol. The second-order valence-corrected chi connectivity index (χ2v) is 6.93. The van der Waals surface area contributed by atoms with Gasteiger partial charge in [-0.15, -0.1) is 0 Å². The van der Waals surface area contributed by atoms with Crippen molar-refractivity contribution in [1.82, 2.24) is 15.6 Å². The number of aromatic nitrogens is 1. The predicted molar refractivity (Wildman–Crippen MR) is 117 cm³/mol. The maximum Gasteiger partial charge on any atom is 0.226 e. The van der Waals surface area contributed by atoms with E-state index in [2.05, 4.69) is 46.6 Å². The normalized spacial score (nSPS) is 11.6. The van der Waals surface area contributed by atoms with Gasteiger partial charge in [0.2, 0.25) is 5.89 Å². The molecule has 0 amide bonds. The molecular formula is C23H30N4O3. The molecule has 3 rings (SSSR count). The Labute approximate surface area is 177 Å². The number of hydrogen-bond acceptors (Lipinski definition) is 5. The van der Waals surface area contributed by atoms with E-state index >= 15 is 0 Å². The van der Waals surface area contributed by atoms with Gasteiger partial charge in [-0.25, -0.2) is 4.98 Å². The van der Waals surface area contributed by atoms with Crippen LogP contribution in [0.1, 0.15) is 30.4 Å². The van der Waals surface area contributed by atoms with E-state index in [1.165, 1.54) is 5.56 Å². The molecule has 7 nitrogen and oxygen atoms in total. The molecule has 160 valence electrons. The van der Waals surface area contributed by atoms with Gasteiger partial charge >= 0.3 is 0 Å². The second-order valence-electron chi connectivity index (χ2n) is 6.93. The summed E-state index contributed by atoms with van der Waals surface area (Å²) in [4.78, 5) is 9.17. The number of oxazole rings is 1. The van der Waals surface area contributed by atoms with Crippen molar-refractivity contribution in [2.24, 2.45) is 4.99 Å². The first-order valence-corrected chi connectivity index (χ1v) is 10.4. The summed E-state index contributed by atoms with van der Waals surface area (Å²) in [6.07, 6.45) is 4.98. The molecule has 0 fully saturated rings. The van der Waals surface area contributed by atoms with E-state index in [1.54, 1.807) is 12.5 Å². The van der Waals surface area contributed by atoms with Gasteiger partial charge in [0.1, 0.15) is 18.6 Å². The zero-order valence-corrected chi connectivity index (χ0v) is 17.7. The molecule has 1 aromatic carbocycles. The Kier molecular flexibility index (Phi) is 8.53. The van der Waals surface area contributed by atoms with Crippen LogP contribution in [0.2, 0.25) is 0 Å². The van der Waals surface area contributed by atoms with Crippen molar-refractivity contribution in [3.63, 3.8) is 0 Å². The zero-order valence-electron chi connectivity index (χ0n) is 17.7. The summed E-state index contributed by atoms with van der Waals surface area (Å²) >= 11 is 0. The fourth-order valence-electron chi connectivity index (χ4n) is 2.83. The number of nitrogens with zero attached hydrogens (tertiary/aromatic N) is 2. The predicted octanol–water partition coefficient (Wildman–Crippen LogP) is 3.95. The van der Waals surface area contributed by atoms with Gasteiger partial charge in [0.15, 0.2) is 5.96 Å². The van der Waals surface area contributed by atoms with Crippen molar-refractivity contribution < 1.29 is 13.6 Å². The van der Waals surface area contributed by atoms with Crippen LogP contribution in [0.5, 0.6) is 0 Å². The largest absolute Gasteiger partial charge is 0.467 e. The minimum absolute atomic E-state index is 0.497. The molecule has 0 spiro atoms. The van der Waals surface area contributed by atoms with Crippen molar-refractivity contribution in [3.05, 3.63) is 65.9 Å². The van der Waals surface area contributed by atoms with E-state index in [0.29, 0.717) is 25.6 Å². The number of aryl methyl sites for hydroxylation is 1. The zero-order chi connectivity index (χ0) is 21.0. The summed E-state index contributed by atoms with van der Waals surface area (Å²) in [6.45, 7) is 7.47. The number of aliphatic imine (C=N–C) groups is 1. The quantitative estimate of drug-likeness (QED) is 0.283. The van der Waals surface area contributed by atoms with Crippen molar-refractivity contribution in [3.8, 4) is 11.5 Å². The van der Waals surface area contributed by atoms with Crippen molar-refractivity contribution in [1.29, 1.82) is 0 Å². The topological polar surface area (TPSA) is 84.8 Å². The van der Waals surface area contributed by atoms with Gasteiger partial charge in [-0.2, -0.15) is 0 Å². The minimum Gasteiger partial charge on any atom is -0.467 e. The summed E-state index contributed by atoms with van der Waals surface area (Å²) in [6, 6.07) is 11.9. The van der Waals surface area contributed by atoms with Crippen molar-refractivity contribution >= 4 is 5.96 Å². The molecule has 7 heteroatoms. The Morgan fingerprint density at radius 3 is 2.77 bits per heavy atom. The molecule has 30 heavy (non-hydrogen) atoms. The van der Waals surface area contributed by atoms with Gasteiger partial charge in [0.05, 0.1) is 12.0 Å². The molecule has 0 saturated carbocycles. The fourth-order valence-corrected chi connectivity index (χ4v) is 2.83. The third-order valence-corrected chi connectivity index (χ3v) is 4.41. The lowest BCUT2D eigenvalue weighted by Gasteiger charge is -2.10. The molecular weight excluding hydrogens is 380 g/mol. The number of ether oxygens (including phenoxy) is 1. The van der Waals surface area contributed by atoms with Crippen LogP contribution in [0.3, 0.4) is 0 Å². The van der Waals surface area contributed by atoms with Gasteiger partial charge < -0.3 is 24.2 Å². The van der Waals surface area contributed by atoms with Crippen LogP contribution in [-0.2, 0) is 17.8 Å². The summed E-state index contributed by atoms with van der Waals surface area (Å²) in [5, 5.41) is 6.60. The third kappa shape index (κ3) is 7.08. The highest BCUT2D eigenvalue weighted by atomic mass is 16.5. The molecule has 0 atom stereocenters. The molecule has 0 aliphatic rings. The molecule has 3 aromatic rings. The average Bonchev–Trinajstić information content (AvgIpc) is 3.43. The van der Waals surface area contributed by atoms with Gasteiger partial charge in [-0.05, 0) is 44.5 Å². The molecule has 2 aromatic heterocycles. The number of rotatable bonds is 11. The molecule has 0 aliphatic carbocycles. The summed E-state index contributed by atoms with van der Waals surface area (Å²) in [7, 11) is 0. The SMILES string of the molecule is CCNC(=NCCCOCc1ccco1)NCCc1coc(-c2ccc(C)cc2)n1. The fraction of sp³-hybridized carbons (Fsp3) is 0.391. The number of benzene rings is 1. The highest BCUT2D eigenvalue weighted by molar-refractivity contribution is 5.79. The van der Waals surface area contributed by atoms with Crippen LogP contribution in [0.4, 0.5) is 0 Å². The molecule has 2 N–H and O–H groups in total. The van der Waals surface area contributed by atoms with Gasteiger partial charge in [0, 0.05) is 38.2 Å². The molecule has 0 saturated heterocycles. The molecule has 0 aliphatic heterocycles. The Balaban J connectivity index is 1.37. The Bertz CT molecular complexity index is 886. The van der Waals surface area contributed by atoms with E-state index < -0.39 is 0 Å². The lowest BCUT2D eigenvalue weighted by molar-refractivity contribution is 0.105. The van der Waals surface area contributed by atoms with Gasteiger partial charge in [0.25, 0.3) is 0 Å². The first-order valence-electron chi connectivity index (χ1n) is 10.4. The number of nitrogens with one attached hydrogen (secondary N) is 2. The van der Waals surface area contributed by atoms with Gasteiger partial charge in [-0.3, -0.25) is 4.99 Å². The van der Waals surface area contributed by atoms with Crippen LogP contribution >= 0.6 is 0 Å². The van der Waals surface area contributed by atoms with E-state index in [-0.39, 0.29) is 0 Å². The molecule has 0 bridgehead atoms. The number of hydrogen-bond donors (Lipinski definition) is 2. The Morgan fingerprint density at radius 1 is 1.13 bits per heavy atom. The Morgan fingerprint density at radius 2 is 2.00 bits per heavy atom. The first-order chi connectivity index (χ1) is 14.7. The summed E-state index contributed by atoms with van der Waals surface area (Å²) in [5.41, 5.74) is 3.12. The maximum absolute atomic E-state index is 5.62. The van der Waals surface area contributed by atoms with Crippen molar-refractivity contribution in [2.45, 2.75) is 33.3 Å². The summed E-state index contributed by atoms with van der Waals surface area (Å²) in [5.74, 6) is 2.29. The first kappa shape index (κ1) is 21.6. The standard InChI is InChI=1S/C23H30N4O3/c1-3-24-23(25-12-5-14-28-17-21-6-4-15-29-21)26-13-11-20-16-30-22(27-20)19-9-7-18(2)8-10-19/h4,6-10,15-16H,3,5,11-14,17H2,1-2H3,(H2,24,25,26). The Hall–Kier alpha value is -3.06. The maximum atomic E-state index is 5.62. The summed E-state index contributed by atoms with van der Waals surface area (Å²) < 4.78 is 16.4. The number of guanidine groups is 1. The van der Waals surface area contributed by atoms with E-state index in [0.717, 1.165) is 48.9 Å². The van der Waals surface area contributed by atoms with Crippen LogP contribution in [0, 0.1) is 6.92 Å².